The molecule has 6 nitrogen and oxygen atoms in total. The van der Waals surface area contributed by atoms with Crippen molar-refractivity contribution < 1.29 is 13.9 Å². The Bertz CT molecular complexity index is 726. The lowest BCUT2D eigenvalue weighted by Gasteiger charge is -2.37. The van der Waals surface area contributed by atoms with E-state index >= 15 is 0 Å². The number of thiol groups is 1. The van der Waals surface area contributed by atoms with Gasteiger partial charge in [-0.15, -0.1) is 0 Å². The number of amides is 1. The van der Waals surface area contributed by atoms with Crippen molar-refractivity contribution in [1.29, 1.82) is 0 Å². The number of hydrogen-bond acceptors (Lipinski definition) is 6. The maximum Gasteiger partial charge on any atom is 0.414 e. The van der Waals surface area contributed by atoms with Crippen LogP contribution in [-0.4, -0.2) is 66.7 Å². The van der Waals surface area contributed by atoms with E-state index in [1.807, 2.05) is 18.7 Å². The first-order chi connectivity index (χ1) is 13.4. The van der Waals surface area contributed by atoms with E-state index in [4.69, 9.17) is 17.0 Å². The van der Waals surface area contributed by atoms with Crippen molar-refractivity contribution in [3.63, 3.8) is 0 Å². The summed E-state index contributed by atoms with van der Waals surface area (Å²) in [6.07, 6.45) is -0.0260. The Morgan fingerprint density at radius 2 is 2.11 bits per heavy atom. The van der Waals surface area contributed by atoms with E-state index in [1.54, 1.807) is 12.1 Å². The summed E-state index contributed by atoms with van der Waals surface area (Å²) in [5.41, 5.74) is 1.07. The Labute approximate surface area is 176 Å². The number of thiocarbonyl (C=S) groups is 1. The highest BCUT2D eigenvalue weighted by atomic mass is 32.1. The minimum Gasteiger partial charge on any atom is -0.442 e. The molecule has 1 aromatic carbocycles. The number of piperazine rings is 1. The summed E-state index contributed by atoms with van der Waals surface area (Å²) < 4.78 is 20.2. The van der Waals surface area contributed by atoms with Crippen LogP contribution in [0.3, 0.4) is 0 Å². The second-order valence-electron chi connectivity index (χ2n) is 7.06. The van der Waals surface area contributed by atoms with Crippen LogP contribution in [0.15, 0.2) is 18.2 Å². The van der Waals surface area contributed by atoms with Gasteiger partial charge < -0.3 is 15.0 Å². The summed E-state index contributed by atoms with van der Waals surface area (Å²) in [5.74, 6) is -0.327. The highest BCUT2D eigenvalue weighted by molar-refractivity contribution is 7.80. The van der Waals surface area contributed by atoms with Gasteiger partial charge in [-0.05, 0) is 31.5 Å². The van der Waals surface area contributed by atoms with Crippen LogP contribution in [0, 0.1) is 5.82 Å². The van der Waals surface area contributed by atoms with Crippen molar-refractivity contribution in [2.75, 3.05) is 49.1 Å². The molecule has 28 heavy (non-hydrogen) atoms. The minimum atomic E-state index is -0.460. The topological polar surface area (TPSA) is 48.0 Å². The van der Waals surface area contributed by atoms with Crippen molar-refractivity contribution in [2.45, 2.75) is 31.7 Å². The second kappa shape index (κ2) is 9.28. The number of anilines is 2. The number of hydrogen-bond donors (Lipinski definition) is 2. The van der Waals surface area contributed by atoms with E-state index < -0.39 is 6.09 Å². The van der Waals surface area contributed by atoms with Gasteiger partial charge in [0, 0.05) is 26.2 Å². The molecular weight excluding hydrogens is 399 g/mol. The molecule has 0 aromatic heterocycles. The number of rotatable bonds is 6. The number of nitrogens with zero attached hydrogens (tertiary/aromatic N) is 3. The van der Waals surface area contributed by atoms with Gasteiger partial charge in [-0.1, -0.05) is 19.1 Å². The molecule has 2 aliphatic rings. The number of carbonyl (C=O) groups excluding carboxylic acids is 1. The fourth-order valence-corrected chi connectivity index (χ4v) is 3.76. The number of cyclic esters (lactones) is 1. The zero-order valence-electron chi connectivity index (χ0n) is 16.2. The predicted molar refractivity (Wildman–Crippen MR) is 117 cm³/mol. The smallest absolute Gasteiger partial charge is 0.414 e. The molecule has 0 spiro atoms. The molecule has 0 radical (unpaired) electrons. The van der Waals surface area contributed by atoms with Crippen LogP contribution in [0.4, 0.5) is 20.6 Å². The summed E-state index contributed by atoms with van der Waals surface area (Å²) in [7, 11) is 0. The first kappa shape index (κ1) is 21.1. The number of ether oxygens (including phenoxy) is 1. The number of halogens is 1. The van der Waals surface area contributed by atoms with Crippen molar-refractivity contribution in [3.8, 4) is 0 Å². The van der Waals surface area contributed by atoms with Crippen molar-refractivity contribution >= 4 is 47.3 Å². The first-order valence-electron chi connectivity index (χ1n) is 9.60. The highest BCUT2D eigenvalue weighted by Crippen LogP contribution is 2.28. The Morgan fingerprint density at radius 1 is 1.39 bits per heavy atom. The van der Waals surface area contributed by atoms with Gasteiger partial charge in [-0.2, -0.15) is 12.6 Å². The first-order valence-corrected chi connectivity index (χ1v) is 10.5. The van der Waals surface area contributed by atoms with Crippen molar-refractivity contribution in [3.05, 3.63) is 24.0 Å². The van der Waals surface area contributed by atoms with E-state index in [0.29, 0.717) is 24.5 Å². The monoisotopic (exact) mass is 426 g/mol. The molecule has 2 heterocycles. The third-order valence-corrected chi connectivity index (χ3v) is 5.91. The lowest BCUT2D eigenvalue weighted by Crippen LogP contribution is -2.48. The fraction of sp³-hybridized carbons (Fsp3) is 0.579. The zero-order valence-corrected chi connectivity index (χ0v) is 17.9. The third-order valence-electron chi connectivity index (χ3n) is 5.15. The molecule has 0 saturated carbocycles. The van der Waals surface area contributed by atoms with E-state index in [-0.39, 0.29) is 17.3 Å². The average Bonchev–Trinajstić information content (AvgIpc) is 3.06. The molecule has 1 amide bonds. The molecule has 0 aliphatic carbocycles. The third kappa shape index (κ3) is 4.87. The summed E-state index contributed by atoms with van der Waals surface area (Å²) in [4.78, 5) is 18.7. The highest BCUT2D eigenvalue weighted by Gasteiger charge is 2.33. The van der Waals surface area contributed by atoms with E-state index in [0.717, 1.165) is 37.6 Å². The molecule has 2 fully saturated rings. The largest absolute Gasteiger partial charge is 0.442 e. The van der Waals surface area contributed by atoms with Gasteiger partial charge >= 0.3 is 6.09 Å². The Morgan fingerprint density at radius 3 is 2.71 bits per heavy atom. The Kier molecular flexibility index (Phi) is 7.00. The van der Waals surface area contributed by atoms with Crippen LogP contribution in [0.1, 0.15) is 20.3 Å². The summed E-state index contributed by atoms with van der Waals surface area (Å²) in [6, 6.07) is 4.94. The lowest BCUT2D eigenvalue weighted by atomic mass is 10.2. The van der Waals surface area contributed by atoms with Gasteiger partial charge in [0.2, 0.25) is 0 Å². The van der Waals surface area contributed by atoms with E-state index in [2.05, 4.69) is 22.8 Å². The van der Waals surface area contributed by atoms with Crippen molar-refractivity contribution in [1.82, 2.24) is 10.2 Å². The quantitative estimate of drug-likeness (QED) is 0.539. The number of benzene rings is 1. The summed E-state index contributed by atoms with van der Waals surface area (Å²) in [6.45, 7) is 8.03. The molecule has 2 aliphatic heterocycles. The standard InChI is InChI=1S/C19H27FN4O2S2/c1-3-18(28)21-11-15-12-24(19(25)26-15)14-4-5-17(16(20)10-14)23-8-6-22(7-9-23)13(2)27/h4-5,10,13,15,27H,3,6-9,11-12H2,1-2H3,(H,21,28)/t13?,15-/m0/s1. The Hall–Kier alpha value is -1.58. The molecular formula is C19H27FN4O2S2. The average molecular weight is 427 g/mol. The van der Waals surface area contributed by atoms with Crippen LogP contribution < -0.4 is 15.1 Å². The van der Waals surface area contributed by atoms with Gasteiger partial charge in [0.15, 0.2) is 0 Å². The van der Waals surface area contributed by atoms with Gasteiger partial charge in [0.1, 0.15) is 11.9 Å². The van der Waals surface area contributed by atoms with E-state index in [1.165, 1.54) is 11.0 Å². The van der Waals surface area contributed by atoms with Gasteiger partial charge in [0.05, 0.1) is 34.8 Å². The molecule has 154 valence electrons. The summed E-state index contributed by atoms with van der Waals surface area (Å²) in [5, 5.41) is 3.28. The van der Waals surface area contributed by atoms with Gasteiger partial charge in [0.25, 0.3) is 0 Å². The van der Waals surface area contributed by atoms with Crippen LogP contribution in [-0.2, 0) is 4.74 Å². The minimum absolute atomic E-state index is 0.199. The molecule has 9 heteroatoms. The van der Waals surface area contributed by atoms with Crippen molar-refractivity contribution in [2.24, 2.45) is 0 Å². The molecule has 1 aromatic rings. The molecule has 0 bridgehead atoms. The molecule has 1 unspecified atom stereocenters. The van der Waals surface area contributed by atoms with E-state index in [9.17, 15) is 9.18 Å². The number of nitrogens with one attached hydrogen (secondary N) is 1. The van der Waals surface area contributed by atoms with Crippen LogP contribution in [0.5, 0.6) is 0 Å². The predicted octanol–water partition coefficient (Wildman–Crippen LogP) is 2.88. The van der Waals surface area contributed by atoms with Crippen LogP contribution in [0.2, 0.25) is 0 Å². The number of carbonyl (C=O) groups is 1. The Balaban J connectivity index is 1.62. The lowest BCUT2D eigenvalue weighted by molar-refractivity contribution is 0.143. The van der Waals surface area contributed by atoms with Crippen LogP contribution in [0.25, 0.3) is 0 Å². The zero-order chi connectivity index (χ0) is 20.3. The van der Waals surface area contributed by atoms with Crippen LogP contribution >= 0.6 is 24.8 Å². The summed E-state index contributed by atoms with van der Waals surface area (Å²) >= 11 is 9.59. The molecule has 2 saturated heterocycles. The second-order valence-corrected chi connectivity index (χ2v) is 8.30. The maximum absolute atomic E-state index is 14.8. The SMILES string of the molecule is CCC(=S)NC[C@H]1CN(c2ccc(N3CCN(C(C)S)CC3)c(F)c2)C(=O)O1. The molecule has 3 rings (SSSR count). The van der Waals surface area contributed by atoms with Gasteiger partial charge in [-0.25, -0.2) is 9.18 Å². The van der Waals surface area contributed by atoms with Gasteiger partial charge in [-0.3, -0.25) is 9.80 Å². The maximum atomic E-state index is 14.8. The molecule has 1 N–H and O–H groups in total. The normalized spacial score (nSPS) is 21.6. The fourth-order valence-electron chi connectivity index (χ4n) is 3.45. The molecule has 2 atom stereocenters.